The molecule has 3 N–H and O–H groups in total. The normalized spacial score (nSPS) is 10.6. The molecule has 0 aliphatic rings. The minimum Gasteiger partial charge on any atom is -0.348 e. The maximum Gasteiger partial charge on any atom is 0.255 e. The molecule has 4 rings (SSSR count). The number of benzene rings is 3. The molecule has 0 spiro atoms. The number of anilines is 1. The predicted octanol–water partition coefficient (Wildman–Crippen LogP) is 5.46. The van der Waals surface area contributed by atoms with E-state index < -0.39 is 0 Å². The summed E-state index contributed by atoms with van der Waals surface area (Å²) in [4.78, 5) is 25.9. The zero-order valence-corrected chi connectivity index (χ0v) is 19.6. The first-order valence-corrected chi connectivity index (χ1v) is 12.1. The average Bonchev–Trinajstić information content (AvgIpc) is 3.30. The van der Waals surface area contributed by atoms with Crippen molar-refractivity contribution in [2.75, 3.05) is 11.9 Å². The van der Waals surface area contributed by atoms with Gasteiger partial charge in [-0.25, -0.2) is 0 Å². The van der Waals surface area contributed by atoms with Crippen LogP contribution in [-0.4, -0.2) is 18.4 Å². The molecule has 0 bridgehead atoms. The highest BCUT2D eigenvalue weighted by Gasteiger charge is 2.21. The summed E-state index contributed by atoms with van der Waals surface area (Å²) in [6.45, 7) is 1.67. The van der Waals surface area contributed by atoms with E-state index in [1.807, 2.05) is 96.4 Å². The van der Waals surface area contributed by atoms with E-state index in [4.69, 9.17) is 0 Å². The van der Waals surface area contributed by atoms with Crippen LogP contribution in [0.5, 0.6) is 0 Å². The molecule has 1 aromatic heterocycles. The van der Waals surface area contributed by atoms with Crippen LogP contribution in [0.4, 0.5) is 5.00 Å². The van der Waals surface area contributed by atoms with Gasteiger partial charge >= 0.3 is 0 Å². The quantitative estimate of drug-likeness (QED) is 0.270. The SMILES string of the molecule is O=C(CCNCc1ccccc1)Nc1scc(-c2ccccc2)c1C(=O)NCc1ccccc1. The molecule has 34 heavy (non-hydrogen) atoms. The predicted molar refractivity (Wildman–Crippen MR) is 139 cm³/mol. The Morgan fingerprint density at radius 1 is 0.735 bits per heavy atom. The third kappa shape index (κ3) is 6.41. The number of rotatable bonds is 10. The Morgan fingerprint density at radius 3 is 1.97 bits per heavy atom. The average molecular weight is 470 g/mol. The van der Waals surface area contributed by atoms with Crippen molar-refractivity contribution in [3.63, 3.8) is 0 Å². The Labute approximate surface area is 203 Å². The van der Waals surface area contributed by atoms with Gasteiger partial charge in [0.2, 0.25) is 5.91 Å². The van der Waals surface area contributed by atoms with Crippen molar-refractivity contribution < 1.29 is 9.59 Å². The summed E-state index contributed by atoms with van der Waals surface area (Å²) in [6, 6.07) is 29.6. The van der Waals surface area contributed by atoms with E-state index in [0.29, 0.717) is 36.6 Å². The van der Waals surface area contributed by atoms with E-state index in [9.17, 15) is 9.59 Å². The lowest BCUT2D eigenvalue weighted by atomic mass is 10.0. The molecule has 0 aliphatic carbocycles. The van der Waals surface area contributed by atoms with Crippen LogP contribution in [0.15, 0.2) is 96.4 Å². The van der Waals surface area contributed by atoms with E-state index in [-0.39, 0.29) is 11.8 Å². The standard InChI is InChI=1S/C28H27N3O2S/c32-25(16-17-29-18-21-10-4-1-5-11-21)31-28-26(24(20-34-28)23-14-8-3-9-15-23)27(33)30-19-22-12-6-2-7-13-22/h1-15,20,29H,16-19H2,(H,30,33)(H,31,32). The summed E-state index contributed by atoms with van der Waals surface area (Å²) >= 11 is 1.37. The van der Waals surface area contributed by atoms with Crippen molar-refractivity contribution in [1.29, 1.82) is 0 Å². The van der Waals surface area contributed by atoms with E-state index in [1.165, 1.54) is 16.9 Å². The first kappa shape index (κ1) is 23.4. The Morgan fingerprint density at radius 2 is 1.32 bits per heavy atom. The van der Waals surface area contributed by atoms with Gasteiger partial charge in [0.05, 0.1) is 5.56 Å². The van der Waals surface area contributed by atoms with Gasteiger partial charge in [0, 0.05) is 37.0 Å². The fourth-order valence-electron chi connectivity index (χ4n) is 3.59. The van der Waals surface area contributed by atoms with Crippen LogP contribution >= 0.6 is 11.3 Å². The van der Waals surface area contributed by atoms with E-state index in [2.05, 4.69) is 16.0 Å². The number of amides is 2. The summed E-state index contributed by atoms with van der Waals surface area (Å²) < 4.78 is 0. The van der Waals surface area contributed by atoms with Gasteiger partial charge < -0.3 is 16.0 Å². The molecule has 0 aliphatic heterocycles. The van der Waals surface area contributed by atoms with Crippen LogP contribution in [0.2, 0.25) is 0 Å². The second-order valence-electron chi connectivity index (χ2n) is 7.85. The van der Waals surface area contributed by atoms with Gasteiger partial charge in [0.25, 0.3) is 5.91 Å². The van der Waals surface area contributed by atoms with Crippen molar-refractivity contribution in [3.8, 4) is 11.1 Å². The van der Waals surface area contributed by atoms with Crippen molar-refractivity contribution in [3.05, 3.63) is 113 Å². The first-order chi connectivity index (χ1) is 16.7. The molecule has 0 fully saturated rings. The van der Waals surface area contributed by atoms with Crippen LogP contribution in [0.3, 0.4) is 0 Å². The second kappa shape index (κ2) is 11.9. The fourth-order valence-corrected chi connectivity index (χ4v) is 4.57. The van der Waals surface area contributed by atoms with E-state index >= 15 is 0 Å². The Hall–Kier alpha value is -3.74. The molecular formula is C28H27N3O2S. The monoisotopic (exact) mass is 469 g/mol. The van der Waals surface area contributed by atoms with Gasteiger partial charge in [0.1, 0.15) is 5.00 Å². The summed E-state index contributed by atoms with van der Waals surface area (Å²) in [5, 5.41) is 11.7. The molecule has 172 valence electrons. The number of carbonyl (C=O) groups excluding carboxylic acids is 2. The number of hydrogen-bond donors (Lipinski definition) is 3. The van der Waals surface area contributed by atoms with Gasteiger partial charge in [0.15, 0.2) is 0 Å². The highest BCUT2D eigenvalue weighted by Crippen LogP contribution is 2.35. The molecule has 6 heteroatoms. The number of nitrogens with one attached hydrogen (secondary N) is 3. The van der Waals surface area contributed by atoms with Crippen molar-refractivity contribution in [2.45, 2.75) is 19.5 Å². The maximum absolute atomic E-state index is 13.2. The van der Waals surface area contributed by atoms with Gasteiger partial charge in [-0.3, -0.25) is 9.59 Å². The number of thiophene rings is 1. The zero-order chi connectivity index (χ0) is 23.6. The Balaban J connectivity index is 1.43. The molecule has 1 heterocycles. The van der Waals surface area contributed by atoms with Crippen LogP contribution in [0, 0.1) is 0 Å². The molecule has 5 nitrogen and oxygen atoms in total. The maximum atomic E-state index is 13.2. The van der Waals surface area contributed by atoms with Crippen molar-refractivity contribution in [1.82, 2.24) is 10.6 Å². The minimum atomic E-state index is -0.207. The van der Waals surface area contributed by atoms with Gasteiger partial charge in [-0.15, -0.1) is 11.3 Å². The highest BCUT2D eigenvalue weighted by molar-refractivity contribution is 7.15. The topological polar surface area (TPSA) is 70.2 Å². The molecule has 2 amide bonds. The van der Waals surface area contributed by atoms with Crippen LogP contribution < -0.4 is 16.0 Å². The lowest BCUT2D eigenvalue weighted by Gasteiger charge is -2.11. The Bertz CT molecular complexity index is 1210. The molecule has 0 radical (unpaired) electrons. The third-order valence-electron chi connectivity index (χ3n) is 5.35. The highest BCUT2D eigenvalue weighted by atomic mass is 32.1. The van der Waals surface area contributed by atoms with Crippen molar-refractivity contribution in [2.24, 2.45) is 0 Å². The Kier molecular flexibility index (Phi) is 8.22. The molecule has 4 aromatic rings. The molecule has 3 aromatic carbocycles. The molecule has 0 atom stereocenters. The largest absolute Gasteiger partial charge is 0.348 e. The number of hydrogen-bond acceptors (Lipinski definition) is 4. The minimum absolute atomic E-state index is 0.126. The third-order valence-corrected chi connectivity index (χ3v) is 6.25. The number of carbonyl (C=O) groups is 2. The second-order valence-corrected chi connectivity index (χ2v) is 8.73. The van der Waals surface area contributed by atoms with E-state index in [0.717, 1.165) is 16.7 Å². The van der Waals surface area contributed by atoms with Gasteiger partial charge in [-0.1, -0.05) is 91.0 Å². The lowest BCUT2D eigenvalue weighted by Crippen LogP contribution is -2.25. The summed E-state index contributed by atoms with van der Waals surface area (Å²) in [6.07, 6.45) is 0.316. The zero-order valence-electron chi connectivity index (χ0n) is 18.8. The molecule has 0 unspecified atom stereocenters. The van der Waals surface area contributed by atoms with Gasteiger partial charge in [-0.05, 0) is 16.7 Å². The van der Waals surface area contributed by atoms with Gasteiger partial charge in [-0.2, -0.15) is 0 Å². The fraction of sp³-hybridized carbons (Fsp3) is 0.143. The molecule has 0 saturated carbocycles. The van der Waals surface area contributed by atoms with Crippen LogP contribution in [0.25, 0.3) is 11.1 Å². The van der Waals surface area contributed by atoms with Crippen LogP contribution in [-0.2, 0) is 17.9 Å². The molecule has 0 saturated heterocycles. The first-order valence-electron chi connectivity index (χ1n) is 11.2. The molecular weight excluding hydrogens is 442 g/mol. The summed E-state index contributed by atoms with van der Waals surface area (Å²) in [7, 11) is 0. The lowest BCUT2D eigenvalue weighted by molar-refractivity contribution is -0.116. The van der Waals surface area contributed by atoms with E-state index in [1.54, 1.807) is 0 Å². The summed E-state index contributed by atoms with van der Waals surface area (Å²) in [5.74, 6) is -0.333. The van der Waals surface area contributed by atoms with Crippen LogP contribution in [0.1, 0.15) is 27.9 Å². The summed E-state index contributed by atoms with van der Waals surface area (Å²) in [5.41, 5.74) is 4.44. The van der Waals surface area contributed by atoms with Crippen molar-refractivity contribution >= 4 is 28.2 Å². The smallest absolute Gasteiger partial charge is 0.255 e.